The van der Waals surface area contributed by atoms with Crippen LogP contribution in [0.2, 0.25) is 0 Å². The van der Waals surface area contributed by atoms with Gasteiger partial charge in [-0.25, -0.2) is 4.98 Å². The van der Waals surface area contributed by atoms with Crippen LogP contribution in [0.5, 0.6) is 5.75 Å². The normalized spacial score (nSPS) is 11.1. The molecule has 1 N–H and O–H groups in total. The van der Waals surface area contributed by atoms with Gasteiger partial charge < -0.3 is 19.0 Å². The maximum absolute atomic E-state index is 11.9. The molecule has 172 valence electrons. The molecule has 6 heteroatoms. The van der Waals surface area contributed by atoms with Crippen LogP contribution in [-0.2, 0) is 13.0 Å². The fraction of sp³-hybridized carbons (Fsp3) is 0.333. The van der Waals surface area contributed by atoms with E-state index in [1.54, 1.807) is 12.1 Å². The van der Waals surface area contributed by atoms with Gasteiger partial charge in [-0.2, -0.15) is 0 Å². The van der Waals surface area contributed by atoms with E-state index in [1.807, 2.05) is 18.2 Å². The van der Waals surface area contributed by atoms with E-state index in [0.717, 1.165) is 54.8 Å². The van der Waals surface area contributed by atoms with Crippen molar-refractivity contribution in [1.29, 1.82) is 0 Å². The first-order valence-corrected chi connectivity index (χ1v) is 11.6. The van der Waals surface area contributed by atoms with Crippen molar-refractivity contribution in [2.45, 2.75) is 46.1 Å². The lowest BCUT2D eigenvalue weighted by Crippen LogP contribution is -2.23. The van der Waals surface area contributed by atoms with Crippen molar-refractivity contribution in [2.75, 3.05) is 13.2 Å². The third-order valence-electron chi connectivity index (χ3n) is 5.97. The molecule has 2 heterocycles. The molecule has 0 bridgehead atoms. The lowest BCUT2D eigenvalue weighted by Gasteiger charge is -2.13. The van der Waals surface area contributed by atoms with Gasteiger partial charge >= 0.3 is 0 Å². The van der Waals surface area contributed by atoms with Gasteiger partial charge in [0.25, 0.3) is 5.91 Å². The van der Waals surface area contributed by atoms with Crippen LogP contribution in [0.15, 0.2) is 65.3 Å². The van der Waals surface area contributed by atoms with E-state index < -0.39 is 0 Å². The Hall–Kier alpha value is -3.54. The average molecular weight is 446 g/mol. The highest BCUT2D eigenvalue weighted by molar-refractivity contribution is 5.91. The number of carbonyl (C=O) groups is 1. The van der Waals surface area contributed by atoms with Crippen LogP contribution in [0.3, 0.4) is 0 Å². The fourth-order valence-corrected chi connectivity index (χ4v) is 3.97. The van der Waals surface area contributed by atoms with Gasteiger partial charge in [0.1, 0.15) is 18.2 Å². The van der Waals surface area contributed by atoms with E-state index in [1.165, 1.54) is 17.4 Å². The zero-order chi connectivity index (χ0) is 23.0. The first-order valence-electron chi connectivity index (χ1n) is 11.6. The Kier molecular flexibility index (Phi) is 7.45. The molecule has 0 unspecified atom stereocenters. The second kappa shape index (κ2) is 10.9. The molecule has 4 aromatic rings. The summed E-state index contributed by atoms with van der Waals surface area (Å²) in [6.07, 6.45) is 5.35. The summed E-state index contributed by atoms with van der Waals surface area (Å²) in [6, 6.07) is 17.8. The second-order valence-electron chi connectivity index (χ2n) is 8.26. The Balaban J connectivity index is 1.30. The summed E-state index contributed by atoms with van der Waals surface area (Å²) in [5, 5.41) is 2.90. The zero-order valence-electron chi connectivity index (χ0n) is 19.3. The molecule has 0 saturated heterocycles. The van der Waals surface area contributed by atoms with Gasteiger partial charge in [-0.15, -0.1) is 0 Å². The van der Waals surface area contributed by atoms with Gasteiger partial charge in [0.15, 0.2) is 5.76 Å². The van der Waals surface area contributed by atoms with E-state index in [2.05, 4.69) is 48.0 Å². The van der Waals surface area contributed by atoms with Crippen molar-refractivity contribution in [1.82, 2.24) is 14.9 Å². The number of hydrogen-bond acceptors (Lipinski definition) is 4. The predicted octanol–water partition coefficient (Wildman–Crippen LogP) is 5.47. The van der Waals surface area contributed by atoms with Crippen molar-refractivity contribution in [3.05, 3.63) is 83.6 Å². The molecule has 0 aliphatic rings. The number of fused-ring (bicyclic) bond motifs is 1. The summed E-state index contributed by atoms with van der Waals surface area (Å²) in [7, 11) is 0. The summed E-state index contributed by atoms with van der Waals surface area (Å²) >= 11 is 0. The van der Waals surface area contributed by atoms with Gasteiger partial charge in [0, 0.05) is 13.0 Å². The van der Waals surface area contributed by atoms with Crippen molar-refractivity contribution in [3.8, 4) is 5.75 Å². The van der Waals surface area contributed by atoms with Crippen LogP contribution in [0.25, 0.3) is 11.0 Å². The number of aryl methyl sites for hydroxylation is 2. The summed E-state index contributed by atoms with van der Waals surface area (Å²) in [5.74, 6) is 2.22. The van der Waals surface area contributed by atoms with Gasteiger partial charge in [0.2, 0.25) is 0 Å². The van der Waals surface area contributed by atoms with Gasteiger partial charge in [-0.05, 0) is 68.1 Å². The molecular weight excluding hydrogens is 414 g/mol. The molecule has 33 heavy (non-hydrogen) atoms. The van der Waals surface area contributed by atoms with Crippen LogP contribution < -0.4 is 10.1 Å². The molecule has 4 rings (SSSR count). The Bertz CT molecular complexity index is 1190. The third kappa shape index (κ3) is 5.64. The maximum atomic E-state index is 11.9. The van der Waals surface area contributed by atoms with Crippen LogP contribution in [-0.4, -0.2) is 28.6 Å². The number of nitrogens with zero attached hydrogens (tertiary/aromatic N) is 2. The van der Waals surface area contributed by atoms with Gasteiger partial charge in [-0.1, -0.05) is 30.7 Å². The van der Waals surface area contributed by atoms with Gasteiger partial charge in [0.05, 0.1) is 23.8 Å². The first kappa shape index (κ1) is 22.6. The molecule has 0 saturated carbocycles. The van der Waals surface area contributed by atoms with E-state index >= 15 is 0 Å². The number of imidazole rings is 1. The third-order valence-corrected chi connectivity index (χ3v) is 5.97. The standard InChI is InChI=1S/C27H31N3O3/c1-20-10-8-13-24(21(20)2)33-19-17-30-23-12-6-5-11-22(23)29-26(30)15-4-3-7-16-28-27(31)25-14-9-18-32-25/h5-6,8-14,18H,3-4,7,15-17,19H2,1-2H3,(H,28,31). The van der Waals surface area contributed by atoms with Crippen LogP contribution in [0.4, 0.5) is 0 Å². The SMILES string of the molecule is Cc1cccc(OCCn2c(CCCCCNC(=O)c3ccco3)nc3ccccc32)c1C. The highest BCUT2D eigenvalue weighted by atomic mass is 16.5. The molecule has 0 aliphatic carbocycles. The number of carbonyl (C=O) groups excluding carboxylic acids is 1. The quantitative estimate of drug-likeness (QED) is 0.311. The smallest absolute Gasteiger partial charge is 0.286 e. The Morgan fingerprint density at radius 3 is 2.76 bits per heavy atom. The number of furan rings is 1. The molecular formula is C27H31N3O3. The largest absolute Gasteiger partial charge is 0.491 e. The molecule has 6 nitrogen and oxygen atoms in total. The Labute approximate surface area is 194 Å². The zero-order valence-corrected chi connectivity index (χ0v) is 19.3. The topological polar surface area (TPSA) is 69.3 Å². The number of nitrogens with one attached hydrogen (secondary N) is 1. The molecule has 0 spiro atoms. The lowest BCUT2D eigenvalue weighted by atomic mass is 10.1. The Morgan fingerprint density at radius 1 is 1.03 bits per heavy atom. The highest BCUT2D eigenvalue weighted by Gasteiger charge is 2.11. The van der Waals surface area contributed by atoms with Crippen LogP contribution >= 0.6 is 0 Å². The minimum Gasteiger partial charge on any atom is -0.491 e. The highest BCUT2D eigenvalue weighted by Crippen LogP contribution is 2.22. The summed E-state index contributed by atoms with van der Waals surface area (Å²) in [4.78, 5) is 16.8. The lowest BCUT2D eigenvalue weighted by molar-refractivity contribution is 0.0925. The number of rotatable bonds is 11. The molecule has 0 aliphatic heterocycles. The Morgan fingerprint density at radius 2 is 1.91 bits per heavy atom. The minimum atomic E-state index is -0.161. The van der Waals surface area contributed by atoms with Crippen LogP contribution in [0, 0.1) is 13.8 Å². The second-order valence-corrected chi connectivity index (χ2v) is 8.26. The summed E-state index contributed by atoms with van der Waals surface area (Å²) in [5.41, 5.74) is 4.58. The van der Waals surface area contributed by atoms with Gasteiger partial charge in [-0.3, -0.25) is 4.79 Å². The van der Waals surface area contributed by atoms with E-state index in [0.29, 0.717) is 18.9 Å². The number of aromatic nitrogens is 2. The number of para-hydroxylation sites is 2. The molecule has 0 radical (unpaired) electrons. The molecule has 0 atom stereocenters. The van der Waals surface area contributed by atoms with Crippen LogP contribution in [0.1, 0.15) is 46.8 Å². The fourth-order valence-electron chi connectivity index (χ4n) is 3.97. The summed E-state index contributed by atoms with van der Waals surface area (Å²) in [6.45, 7) is 6.18. The average Bonchev–Trinajstić information content (AvgIpc) is 3.47. The van der Waals surface area contributed by atoms with Crippen molar-refractivity contribution in [2.24, 2.45) is 0 Å². The van der Waals surface area contributed by atoms with Crippen molar-refractivity contribution < 1.29 is 13.9 Å². The molecule has 2 aromatic carbocycles. The predicted molar refractivity (Wildman–Crippen MR) is 130 cm³/mol. The minimum absolute atomic E-state index is 0.161. The number of amides is 1. The van der Waals surface area contributed by atoms with E-state index in [9.17, 15) is 4.79 Å². The number of benzene rings is 2. The number of unbranched alkanes of at least 4 members (excludes halogenated alkanes) is 2. The summed E-state index contributed by atoms with van der Waals surface area (Å²) < 4.78 is 13.5. The van der Waals surface area contributed by atoms with E-state index in [-0.39, 0.29) is 5.91 Å². The molecule has 0 fully saturated rings. The number of hydrogen-bond donors (Lipinski definition) is 1. The maximum Gasteiger partial charge on any atom is 0.286 e. The number of ether oxygens (including phenoxy) is 1. The first-order chi connectivity index (χ1) is 16.1. The molecule has 2 aromatic heterocycles. The van der Waals surface area contributed by atoms with Crippen molar-refractivity contribution in [3.63, 3.8) is 0 Å². The monoisotopic (exact) mass is 445 g/mol. The van der Waals surface area contributed by atoms with E-state index in [4.69, 9.17) is 14.1 Å². The van der Waals surface area contributed by atoms with Crippen molar-refractivity contribution >= 4 is 16.9 Å². The molecule has 1 amide bonds.